The molecule has 0 radical (unpaired) electrons. The van der Waals surface area contributed by atoms with Crippen molar-refractivity contribution < 1.29 is 9.18 Å². The number of likely N-dealkylation sites (N-methyl/N-ethyl adjacent to an activating group) is 1. The van der Waals surface area contributed by atoms with E-state index in [4.69, 9.17) is 5.73 Å². The number of piperazine rings is 1. The van der Waals surface area contributed by atoms with E-state index in [0.29, 0.717) is 23.9 Å². The number of halogens is 1. The monoisotopic (exact) mass is 347 g/mol. The predicted octanol–water partition coefficient (Wildman–Crippen LogP) is 2.02. The number of amides is 1. The molecule has 1 fully saturated rings. The van der Waals surface area contributed by atoms with E-state index in [1.807, 2.05) is 11.8 Å². The number of anilines is 2. The normalized spacial score (nSPS) is 18.1. The van der Waals surface area contributed by atoms with Crippen molar-refractivity contribution in [2.45, 2.75) is 22.9 Å². The largest absolute Gasteiger partial charge is 0.368 e. The zero-order chi connectivity index (χ0) is 17.3. The first kappa shape index (κ1) is 16.5. The fourth-order valence-electron chi connectivity index (χ4n) is 2.58. The van der Waals surface area contributed by atoms with Crippen LogP contribution in [-0.4, -0.2) is 47.0 Å². The van der Waals surface area contributed by atoms with Gasteiger partial charge in [0.2, 0.25) is 11.9 Å². The van der Waals surface area contributed by atoms with Crippen LogP contribution in [0.3, 0.4) is 0 Å². The summed E-state index contributed by atoms with van der Waals surface area (Å²) < 4.78 is 13.0. The summed E-state index contributed by atoms with van der Waals surface area (Å²) in [5.41, 5.74) is 5.83. The van der Waals surface area contributed by atoms with E-state index >= 15 is 0 Å². The Balaban J connectivity index is 1.86. The van der Waals surface area contributed by atoms with Gasteiger partial charge in [0.15, 0.2) is 0 Å². The maximum absolute atomic E-state index is 13.0. The highest BCUT2D eigenvalue weighted by Crippen LogP contribution is 2.30. The second-order valence-electron chi connectivity index (χ2n) is 5.61. The van der Waals surface area contributed by atoms with Crippen molar-refractivity contribution in [3.05, 3.63) is 36.1 Å². The van der Waals surface area contributed by atoms with Gasteiger partial charge in [-0.1, -0.05) is 11.8 Å². The molecule has 24 heavy (non-hydrogen) atoms. The van der Waals surface area contributed by atoms with Crippen molar-refractivity contribution in [2.24, 2.45) is 0 Å². The van der Waals surface area contributed by atoms with Crippen LogP contribution >= 0.6 is 11.8 Å². The second kappa shape index (κ2) is 6.64. The smallest absolute Gasteiger partial charge is 0.244 e. The summed E-state index contributed by atoms with van der Waals surface area (Å²) in [6, 6.07) is 7.66. The van der Waals surface area contributed by atoms with Gasteiger partial charge in [0.25, 0.3) is 0 Å². The average molecular weight is 347 g/mol. The minimum Gasteiger partial charge on any atom is -0.368 e. The van der Waals surface area contributed by atoms with Gasteiger partial charge in [0.05, 0.1) is 0 Å². The molecule has 0 spiro atoms. The van der Waals surface area contributed by atoms with E-state index in [9.17, 15) is 9.18 Å². The van der Waals surface area contributed by atoms with Gasteiger partial charge in [-0.25, -0.2) is 9.37 Å². The van der Waals surface area contributed by atoms with Crippen molar-refractivity contribution in [1.29, 1.82) is 0 Å². The summed E-state index contributed by atoms with van der Waals surface area (Å²) >= 11 is 1.37. The molecule has 1 aromatic carbocycles. The molecule has 2 heterocycles. The quantitative estimate of drug-likeness (QED) is 0.856. The Kier molecular flexibility index (Phi) is 4.57. The molecule has 6 nitrogen and oxygen atoms in total. The SMILES string of the molecule is CC1C(=O)N(C)CCN1c1cc(Sc2ccc(F)cc2)nc(N)n1. The number of hydrogen-bond acceptors (Lipinski definition) is 6. The molecule has 126 valence electrons. The van der Waals surface area contributed by atoms with E-state index in [-0.39, 0.29) is 23.7 Å². The van der Waals surface area contributed by atoms with Gasteiger partial charge in [-0.3, -0.25) is 4.79 Å². The number of carbonyl (C=O) groups excluding carboxylic acids is 1. The molecule has 0 saturated carbocycles. The molecule has 2 aromatic rings. The highest BCUT2D eigenvalue weighted by molar-refractivity contribution is 7.99. The minimum absolute atomic E-state index is 0.0474. The Labute approximate surface area is 143 Å². The minimum atomic E-state index is -0.304. The first-order valence-corrected chi connectivity index (χ1v) is 8.35. The fourth-order valence-corrected chi connectivity index (χ4v) is 3.40. The van der Waals surface area contributed by atoms with Gasteiger partial charge < -0.3 is 15.5 Å². The first-order valence-electron chi connectivity index (χ1n) is 7.53. The zero-order valence-corrected chi connectivity index (χ0v) is 14.3. The van der Waals surface area contributed by atoms with Crippen LogP contribution < -0.4 is 10.6 Å². The lowest BCUT2D eigenvalue weighted by atomic mass is 10.2. The number of rotatable bonds is 3. The number of hydrogen-bond donors (Lipinski definition) is 1. The van der Waals surface area contributed by atoms with E-state index < -0.39 is 0 Å². The maximum Gasteiger partial charge on any atom is 0.244 e. The van der Waals surface area contributed by atoms with Crippen molar-refractivity contribution in [3.8, 4) is 0 Å². The van der Waals surface area contributed by atoms with Crippen molar-refractivity contribution in [2.75, 3.05) is 30.8 Å². The lowest BCUT2D eigenvalue weighted by molar-refractivity contribution is -0.132. The lowest BCUT2D eigenvalue weighted by Gasteiger charge is -2.38. The second-order valence-corrected chi connectivity index (χ2v) is 6.70. The first-order chi connectivity index (χ1) is 11.4. The molecule has 1 unspecified atom stereocenters. The van der Waals surface area contributed by atoms with Crippen molar-refractivity contribution in [3.63, 3.8) is 0 Å². The number of aromatic nitrogens is 2. The van der Waals surface area contributed by atoms with Crippen molar-refractivity contribution in [1.82, 2.24) is 14.9 Å². The molecule has 2 N–H and O–H groups in total. The number of nitrogens with two attached hydrogens (primary N) is 1. The van der Waals surface area contributed by atoms with Gasteiger partial charge in [0, 0.05) is 31.1 Å². The number of benzene rings is 1. The highest BCUT2D eigenvalue weighted by Gasteiger charge is 2.30. The predicted molar refractivity (Wildman–Crippen MR) is 91.4 cm³/mol. The summed E-state index contributed by atoms with van der Waals surface area (Å²) in [5.74, 6) is 0.537. The third-order valence-corrected chi connectivity index (χ3v) is 4.84. The Morgan fingerprint density at radius 2 is 1.96 bits per heavy atom. The number of nitrogens with zero attached hydrogens (tertiary/aromatic N) is 4. The third kappa shape index (κ3) is 3.43. The molecule has 8 heteroatoms. The van der Waals surface area contributed by atoms with Crippen molar-refractivity contribution >= 4 is 29.4 Å². The third-order valence-electron chi connectivity index (χ3n) is 3.91. The fraction of sp³-hybridized carbons (Fsp3) is 0.312. The number of nitrogen functional groups attached to an aromatic ring is 1. The molecule has 1 aliphatic heterocycles. The van der Waals surface area contributed by atoms with Gasteiger partial charge in [-0.15, -0.1) is 0 Å². The Hall–Kier alpha value is -2.35. The molecule has 1 aromatic heterocycles. The van der Waals surface area contributed by atoms with Gasteiger partial charge in [-0.05, 0) is 31.2 Å². The summed E-state index contributed by atoms with van der Waals surface area (Å²) in [7, 11) is 1.79. The molecular weight excluding hydrogens is 329 g/mol. The van der Waals surface area contributed by atoms with Crippen LogP contribution in [0.15, 0.2) is 40.3 Å². The Bertz CT molecular complexity index is 755. The van der Waals surface area contributed by atoms with E-state index in [1.165, 1.54) is 23.9 Å². The summed E-state index contributed by atoms with van der Waals surface area (Å²) in [5, 5.41) is 0.655. The molecule has 0 bridgehead atoms. The lowest BCUT2D eigenvalue weighted by Crippen LogP contribution is -2.54. The van der Waals surface area contributed by atoms with Crippen LogP contribution in [-0.2, 0) is 4.79 Å². The van der Waals surface area contributed by atoms with E-state index in [1.54, 1.807) is 30.1 Å². The molecule has 1 aliphatic rings. The van der Waals surface area contributed by atoms with Gasteiger partial charge >= 0.3 is 0 Å². The zero-order valence-electron chi connectivity index (χ0n) is 13.4. The van der Waals surface area contributed by atoms with E-state index in [2.05, 4.69) is 9.97 Å². The average Bonchev–Trinajstić information content (AvgIpc) is 2.54. The summed E-state index contributed by atoms with van der Waals surface area (Å²) in [6.07, 6.45) is 0. The van der Waals surface area contributed by atoms with Gasteiger partial charge in [0.1, 0.15) is 22.7 Å². The van der Waals surface area contributed by atoms with E-state index in [0.717, 1.165) is 4.90 Å². The van der Waals surface area contributed by atoms with Crippen LogP contribution in [0.1, 0.15) is 6.92 Å². The Morgan fingerprint density at radius 1 is 1.25 bits per heavy atom. The molecular formula is C16H18FN5OS. The Morgan fingerprint density at radius 3 is 2.67 bits per heavy atom. The van der Waals surface area contributed by atoms with Crippen LogP contribution in [0.2, 0.25) is 0 Å². The van der Waals surface area contributed by atoms with Gasteiger partial charge in [-0.2, -0.15) is 4.98 Å². The molecule has 1 atom stereocenters. The topological polar surface area (TPSA) is 75.4 Å². The summed E-state index contributed by atoms with van der Waals surface area (Å²) in [6.45, 7) is 3.16. The standard InChI is InChI=1S/C16H18FN5OS/c1-10-15(23)21(2)7-8-22(10)13-9-14(20-16(18)19-13)24-12-5-3-11(17)4-6-12/h3-6,9-10H,7-8H2,1-2H3,(H2,18,19,20). The van der Waals surface area contributed by atoms with Crippen LogP contribution in [0.5, 0.6) is 0 Å². The molecule has 0 aliphatic carbocycles. The highest BCUT2D eigenvalue weighted by atomic mass is 32.2. The van der Waals surface area contributed by atoms with Crippen LogP contribution in [0.25, 0.3) is 0 Å². The number of carbonyl (C=O) groups is 1. The maximum atomic E-state index is 13.0. The molecule has 1 amide bonds. The van der Waals surface area contributed by atoms with Crippen LogP contribution in [0, 0.1) is 5.82 Å². The summed E-state index contributed by atoms with van der Waals surface area (Å²) in [4.78, 5) is 25.1. The molecule has 3 rings (SSSR count). The molecule has 1 saturated heterocycles. The van der Waals surface area contributed by atoms with Crippen LogP contribution in [0.4, 0.5) is 16.2 Å².